The number of guanidine groups is 1. The van der Waals surface area contributed by atoms with Crippen LogP contribution in [0.25, 0.3) is 0 Å². The number of benzene rings is 2. The Balaban J connectivity index is 2.00. The van der Waals surface area contributed by atoms with Crippen LogP contribution in [-0.2, 0) is 19.6 Å². The molecule has 0 heterocycles. The van der Waals surface area contributed by atoms with Gasteiger partial charge < -0.3 is 20.3 Å². The lowest BCUT2D eigenvalue weighted by Gasteiger charge is -2.18. The SMILES string of the molecule is CN=C(NCc1ccccc1CN(C)C)NCc1ccc(C)cc1OCC(F)(F)F. The molecule has 2 rings (SSSR count). The van der Waals surface area contributed by atoms with Crippen molar-refractivity contribution >= 4 is 5.96 Å². The van der Waals surface area contributed by atoms with E-state index in [9.17, 15) is 13.2 Å². The third-order valence-electron chi connectivity index (χ3n) is 4.34. The molecular formula is C22H29F3N4O. The molecule has 0 aromatic heterocycles. The highest BCUT2D eigenvalue weighted by atomic mass is 19.4. The largest absolute Gasteiger partial charge is 0.484 e. The quantitative estimate of drug-likeness (QED) is 0.501. The third kappa shape index (κ3) is 7.94. The number of nitrogens with zero attached hydrogens (tertiary/aromatic N) is 2. The van der Waals surface area contributed by atoms with Crippen LogP contribution in [0.1, 0.15) is 22.3 Å². The van der Waals surface area contributed by atoms with Crippen LogP contribution in [0.2, 0.25) is 0 Å². The Hall–Kier alpha value is -2.74. The van der Waals surface area contributed by atoms with Crippen molar-refractivity contribution in [2.75, 3.05) is 27.7 Å². The van der Waals surface area contributed by atoms with Gasteiger partial charge in [0.1, 0.15) is 5.75 Å². The Labute approximate surface area is 176 Å². The summed E-state index contributed by atoms with van der Waals surface area (Å²) in [7, 11) is 5.69. The van der Waals surface area contributed by atoms with E-state index in [1.807, 2.05) is 39.2 Å². The first kappa shape index (κ1) is 23.5. The molecule has 0 aliphatic heterocycles. The Bertz CT molecular complexity index is 851. The van der Waals surface area contributed by atoms with E-state index in [4.69, 9.17) is 4.74 Å². The first-order valence-corrected chi connectivity index (χ1v) is 9.63. The number of rotatable bonds is 8. The van der Waals surface area contributed by atoms with Crippen molar-refractivity contribution in [3.05, 3.63) is 64.7 Å². The number of ether oxygens (including phenoxy) is 1. The van der Waals surface area contributed by atoms with Crippen LogP contribution in [0, 0.1) is 6.92 Å². The molecule has 0 aliphatic carbocycles. The van der Waals surface area contributed by atoms with Crippen molar-refractivity contribution in [3.8, 4) is 5.75 Å². The summed E-state index contributed by atoms with van der Waals surface area (Å²) in [6.45, 7) is 2.18. The number of aryl methyl sites for hydroxylation is 1. The van der Waals surface area contributed by atoms with Crippen molar-refractivity contribution in [1.82, 2.24) is 15.5 Å². The van der Waals surface area contributed by atoms with Crippen molar-refractivity contribution in [2.45, 2.75) is 32.7 Å². The van der Waals surface area contributed by atoms with Gasteiger partial charge in [0.25, 0.3) is 0 Å². The topological polar surface area (TPSA) is 48.9 Å². The molecule has 30 heavy (non-hydrogen) atoms. The minimum atomic E-state index is -4.38. The molecule has 0 saturated heterocycles. The van der Waals surface area contributed by atoms with E-state index in [0.29, 0.717) is 18.1 Å². The summed E-state index contributed by atoms with van der Waals surface area (Å²) in [5, 5.41) is 6.40. The van der Waals surface area contributed by atoms with Gasteiger partial charge in [0.2, 0.25) is 0 Å². The molecule has 5 nitrogen and oxygen atoms in total. The minimum absolute atomic E-state index is 0.214. The minimum Gasteiger partial charge on any atom is -0.484 e. The maximum atomic E-state index is 12.5. The van der Waals surface area contributed by atoms with E-state index in [-0.39, 0.29) is 12.3 Å². The monoisotopic (exact) mass is 422 g/mol. The van der Waals surface area contributed by atoms with Gasteiger partial charge in [0.15, 0.2) is 12.6 Å². The highest BCUT2D eigenvalue weighted by Gasteiger charge is 2.28. The van der Waals surface area contributed by atoms with E-state index in [0.717, 1.165) is 17.7 Å². The highest BCUT2D eigenvalue weighted by molar-refractivity contribution is 5.79. The van der Waals surface area contributed by atoms with Gasteiger partial charge in [-0.05, 0) is 43.8 Å². The summed E-state index contributed by atoms with van der Waals surface area (Å²) in [4.78, 5) is 6.31. The number of hydrogen-bond acceptors (Lipinski definition) is 3. The summed E-state index contributed by atoms with van der Waals surface area (Å²) in [5.41, 5.74) is 3.82. The molecule has 0 spiro atoms. The molecule has 0 atom stereocenters. The number of halogens is 3. The highest BCUT2D eigenvalue weighted by Crippen LogP contribution is 2.23. The summed E-state index contributed by atoms with van der Waals surface area (Å²) < 4.78 is 42.6. The van der Waals surface area contributed by atoms with Crippen molar-refractivity contribution in [2.24, 2.45) is 4.99 Å². The van der Waals surface area contributed by atoms with Gasteiger partial charge in [0, 0.05) is 32.2 Å². The summed E-state index contributed by atoms with van der Waals surface area (Å²) in [5.74, 6) is 0.767. The average molecular weight is 422 g/mol. The summed E-state index contributed by atoms with van der Waals surface area (Å²) in [6, 6.07) is 13.3. The maximum Gasteiger partial charge on any atom is 0.422 e. The molecule has 0 saturated carbocycles. The fourth-order valence-corrected chi connectivity index (χ4v) is 2.91. The first-order chi connectivity index (χ1) is 14.2. The zero-order valence-corrected chi connectivity index (χ0v) is 17.8. The predicted molar refractivity (Wildman–Crippen MR) is 114 cm³/mol. The Morgan fingerprint density at radius 1 is 1.00 bits per heavy atom. The number of hydrogen-bond donors (Lipinski definition) is 2. The zero-order chi connectivity index (χ0) is 22.1. The standard InChI is InChI=1S/C22H29F3N4O/c1-16-9-10-18(20(11-16)30-15-22(23,24)25)13-28-21(26-2)27-12-17-7-5-6-8-19(17)14-29(3)4/h5-11H,12-15H2,1-4H3,(H2,26,27,28). The maximum absolute atomic E-state index is 12.5. The Morgan fingerprint density at radius 2 is 1.63 bits per heavy atom. The number of nitrogens with one attached hydrogen (secondary N) is 2. The van der Waals surface area contributed by atoms with Crippen LogP contribution in [-0.4, -0.2) is 44.8 Å². The van der Waals surface area contributed by atoms with E-state index in [1.165, 1.54) is 5.56 Å². The molecule has 164 valence electrons. The molecular weight excluding hydrogens is 393 g/mol. The molecule has 0 amide bonds. The van der Waals surface area contributed by atoms with Gasteiger partial charge >= 0.3 is 6.18 Å². The lowest BCUT2D eigenvalue weighted by Crippen LogP contribution is -2.36. The van der Waals surface area contributed by atoms with Gasteiger partial charge in [-0.15, -0.1) is 0 Å². The van der Waals surface area contributed by atoms with Crippen LogP contribution in [0.5, 0.6) is 5.75 Å². The second-order valence-corrected chi connectivity index (χ2v) is 7.30. The second-order valence-electron chi connectivity index (χ2n) is 7.30. The fourth-order valence-electron chi connectivity index (χ4n) is 2.91. The van der Waals surface area contributed by atoms with Gasteiger partial charge in [-0.2, -0.15) is 13.2 Å². The lowest BCUT2D eigenvalue weighted by atomic mass is 10.1. The first-order valence-electron chi connectivity index (χ1n) is 9.63. The van der Waals surface area contributed by atoms with Crippen molar-refractivity contribution in [1.29, 1.82) is 0 Å². The zero-order valence-electron chi connectivity index (χ0n) is 17.8. The van der Waals surface area contributed by atoms with E-state index in [1.54, 1.807) is 19.2 Å². The second kappa shape index (κ2) is 10.9. The molecule has 2 aromatic carbocycles. The molecule has 0 bridgehead atoms. The Kier molecular flexibility index (Phi) is 8.53. The average Bonchev–Trinajstić information content (AvgIpc) is 2.67. The van der Waals surface area contributed by atoms with Gasteiger partial charge in [-0.1, -0.05) is 36.4 Å². The molecule has 0 radical (unpaired) electrons. The molecule has 2 N–H and O–H groups in total. The number of alkyl halides is 3. The smallest absolute Gasteiger partial charge is 0.422 e. The molecule has 0 unspecified atom stereocenters. The fraction of sp³-hybridized carbons (Fsp3) is 0.409. The molecule has 0 fully saturated rings. The van der Waals surface area contributed by atoms with Crippen molar-refractivity contribution in [3.63, 3.8) is 0 Å². The molecule has 8 heteroatoms. The van der Waals surface area contributed by atoms with Gasteiger partial charge in [-0.3, -0.25) is 4.99 Å². The van der Waals surface area contributed by atoms with Crippen LogP contribution < -0.4 is 15.4 Å². The van der Waals surface area contributed by atoms with Crippen LogP contribution in [0.3, 0.4) is 0 Å². The van der Waals surface area contributed by atoms with E-state index in [2.05, 4.69) is 32.7 Å². The van der Waals surface area contributed by atoms with Gasteiger partial charge in [-0.25, -0.2) is 0 Å². The normalized spacial score (nSPS) is 12.2. The molecule has 0 aliphatic rings. The number of aliphatic imine (C=N–C) groups is 1. The van der Waals surface area contributed by atoms with Gasteiger partial charge in [0.05, 0.1) is 0 Å². The lowest BCUT2D eigenvalue weighted by molar-refractivity contribution is -0.153. The summed E-state index contributed by atoms with van der Waals surface area (Å²) >= 11 is 0. The third-order valence-corrected chi connectivity index (χ3v) is 4.34. The van der Waals surface area contributed by atoms with Crippen LogP contribution >= 0.6 is 0 Å². The Morgan fingerprint density at radius 3 is 2.23 bits per heavy atom. The van der Waals surface area contributed by atoms with E-state index >= 15 is 0 Å². The van der Waals surface area contributed by atoms with Crippen LogP contribution in [0.4, 0.5) is 13.2 Å². The molecule has 2 aromatic rings. The summed E-state index contributed by atoms with van der Waals surface area (Å²) in [6.07, 6.45) is -4.38. The predicted octanol–water partition coefficient (Wildman–Crippen LogP) is 3.86. The van der Waals surface area contributed by atoms with Crippen molar-refractivity contribution < 1.29 is 17.9 Å². The van der Waals surface area contributed by atoms with E-state index < -0.39 is 12.8 Å². The van der Waals surface area contributed by atoms with Crippen LogP contribution in [0.15, 0.2) is 47.5 Å².